The van der Waals surface area contributed by atoms with Crippen molar-refractivity contribution in [3.05, 3.63) is 29.3 Å². The van der Waals surface area contributed by atoms with E-state index in [1.165, 1.54) is 0 Å². The Morgan fingerprint density at radius 1 is 1.45 bits per heavy atom. The molecule has 1 saturated carbocycles. The molecule has 0 radical (unpaired) electrons. The summed E-state index contributed by atoms with van der Waals surface area (Å²) in [5.74, 6) is 0.406. The Morgan fingerprint density at radius 2 is 2.15 bits per heavy atom. The summed E-state index contributed by atoms with van der Waals surface area (Å²) in [6, 6.07) is 6.01. The minimum absolute atomic E-state index is 0.0378. The van der Waals surface area contributed by atoms with Crippen LogP contribution in [0.5, 0.6) is 0 Å². The number of likely N-dealkylation sites (N-methyl/N-ethyl adjacent to an activating group) is 1. The van der Waals surface area contributed by atoms with Crippen LogP contribution in [0.4, 0.5) is 5.69 Å². The molecule has 4 nitrogen and oxygen atoms in total. The van der Waals surface area contributed by atoms with Crippen LogP contribution in [0.25, 0.3) is 0 Å². The summed E-state index contributed by atoms with van der Waals surface area (Å²) in [7, 11) is 1.87. The molecule has 0 aliphatic heterocycles. The van der Waals surface area contributed by atoms with E-state index in [4.69, 9.17) is 0 Å². The molecule has 4 heteroatoms. The topological polar surface area (TPSA) is 52.6 Å². The van der Waals surface area contributed by atoms with Crippen LogP contribution in [0.2, 0.25) is 0 Å². The second-order valence-corrected chi connectivity index (χ2v) is 5.97. The minimum Gasteiger partial charge on any atom is -0.392 e. The van der Waals surface area contributed by atoms with Crippen molar-refractivity contribution in [2.75, 3.05) is 25.5 Å². The first-order chi connectivity index (χ1) is 9.45. The summed E-state index contributed by atoms with van der Waals surface area (Å²) in [6.07, 6.45) is 1.93. The molecule has 1 aliphatic rings. The molecular weight excluding hydrogens is 252 g/mol. The Hall–Kier alpha value is -1.39. The number of carbonyl (C=O) groups excluding carboxylic acids is 1. The number of aryl methyl sites for hydroxylation is 2. The number of nitrogens with one attached hydrogen (secondary N) is 1. The van der Waals surface area contributed by atoms with E-state index in [0.717, 1.165) is 29.7 Å². The third-order valence-electron chi connectivity index (χ3n) is 3.75. The second kappa shape index (κ2) is 6.37. The zero-order valence-corrected chi connectivity index (χ0v) is 12.5. The first-order valence-corrected chi connectivity index (χ1v) is 7.19. The summed E-state index contributed by atoms with van der Waals surface area (Å²) in [5, 5.41) is 12.8. The Kier molecular flexibility index (Phi) is 4.78. The highest BCUT2D eigenvalue weighted by Crippen LogP contribution is 2.32. The predicted octanol–water partition coefficient (Wildman–Crippen LogP) is 1.94. The molecule has 1 unspecified atom stereocenters. The third-order valence-corrected chi connectivity index (χ3v) is 3.75. The van der Waals surface area contributed by atoms with Crippen LogP contribution in [-0.2, 0) is 4.79 Å². The average Bonchev–Trinajstić information content (AvgIpc) is 3.17. The maximum Gasteiger partial charge on any atom is 0.238 e. The lowest BCUT2D eigenvalue weighted by molar-refractivity contribution is -0.117. The van der Waals surface area contributed by atoms with Crippen LogP contribution in [0.3, 0.4) is 0 Å². The number of nitrogens with zero attached hydrogens (tertiary/aromatic N) is 1. The van der Waals surface area contributed by atoms with Crippen LogP contribution in [-0.4, -0.2) is 42.2 Å². The number of aliphatic hydroxyl groups is 1. The van der Waals surface area contributed by atoms with Crippen LogP contribution < -0.4 is 5.32 Å². The fraction of sp³-hybridized carbons (Fsp3) is 0.562. The molecular formula is C16H24N2O2. The molecule has 20 heavy (non-hydrogen) atoms. The molecule has 0 bridgehead atoms. The molecule has 1 aromatic carbocycles. The van der Waals surface area contributed by atoms with Crippen molar-refractivity contribution in [2.45, 2.75) is 32.8 Å². The summed E-state index contributed by atoms with van der Waals surface area (Å²) in [6.45, 7) is 4.85. The van der Waals surface area contributed by atoms with Gasteiger partial charge in [-0.05, 0) is 56.8 Å². The van der Waals surface area contributed by atoms with E-state index in [9.17, 15) is 9.90 Å². The minimum atomic E-state index is -0.298. The van der Waals surface area contributed by atoms with Gasteiger partial charge in [-0.15, -0.1) is 0 Å². The van der Waals surface area contributed by atoms with Crippen molar-refractivity contribution in [1.82, 2.24) is 4.90 Å². The van der Waals surface area contributed by atoms with Gasteiger partial charge in [0.1, 0.15) is 0 Å². The van der Waals surface area contributed by atoms with Crippen molar-refractivity contribution in [1.29, 1.82) is 0 Å². The molecule has 2 N–H and O–H groups in total. The van der Waals surface area contributed by atoms with Gasteiger partial charge >= 0.3 is 0 Å². The van der Waals surface area contributed by atoms with Crippen molar-refractivity contribution >= 4 is 11.6 Å². The molecule has 0 saturated heterocycles. The lowest BCUT2D eigenvalue weighted by Crippen LogP contribution is -2.36. The Balaban J connectivity index is 1.83. The largest absolute Gasteiger partial charge is 0.392 e. The molecule has 1 fully saturated rings. The van der Waals surface area contributed by atoms with Crippen LogP contribution in [0, 0.1) is 19.8 Å². The second-order valence-electron chi connectivity index (χ2n) is 5.97. The van der Waals surface area contributed by atoms with E-state index < -0.39 is 0 Å². The van der Waals surface area contributed by atoms with Crippen molar-refractivity contribution in [3.8, 4) is 0 Å². The first-order valence-electron chi connectivity index (χ1n) is 7.19. The molecule has 0 spiro atoms. The van der Waals surface area contributed by atoms with Gasteiger partial charge in [0.05, 0.1) is 12.6 Å². The molecule has 1 aliphatic carbocycles. The highest BCUT2D eigenvalue weighted by atomic mass is 16.3. The maximum atomic E-state index is 12.0. The van der Waals surface area contributed by atoms with Crippen LogP contribution >= 0.6 is 0 Å². The van der Waals surface area contributed by atoms with Gasteiger partial charge in [0.25, 0.3) is 0 Å². The summed E-state index contributed by atoms with van der Waals surface area (Å²) >= 11 is 0. The van der Waals surface area contributed by atoms with E-state index in [2.05, 4.69) is 5.32 Å². The highest BCUT2D eigenvalue weighted by molar-refractivity contribution is 5.93. The lowest BCUT2D eigenvalue weighted by Gasteiger charge is -2.20. The SMILES string of the molecule is Cc1ccc(C)c(NC(=O)CN(C)CC(O)C2CC2)c1. The molecule has 1 aromatic rings. The first kappa shape index (κ1) is 15.0. The van der Waals surface area contributed by atoms with Crippen LogP contribution in [0.1, 0.15) is 24.0 Å². The quantitative estimate of drug-likeness (QED) is 0.835. The Bertz CT molecular complexity index is 483. The number of carbonyl (C=O) groups is 1. The molecule has 0 heterocycles. The van der Waals surface area contributed by atoms with Crippen LogP contribution in [0.15, 0.2) is 18.2 Å². The van der Waals surface area contributed by atoms with Gasteiger partial charge < -0.3 is 10.4 Å². The summed E-state index contributed by atoms with van der Waals surface area (Å²) in [5.41, 5.74) is 3.05. The molecule has 1 atom stereocenters. The number of benzene rings is 1. The summed E-state index contributed by atoms with van der Waals surface area (Å²) < 4.78 is 0. The highest BCUT2D eigenvalue weighted by Gasteiger charge is 2.30. The van der Waals surface area contributed by atoms with Gasteiger partial charge in [-0.2, -0.15) is 0 Å². The molecule has 0 aromatic heterocycles. The number of hydrogen-bond donors (Lipinski definition) is 2. The van der Waals surface area contributed by atoms with Gasteiger partial charge in [-0.1, -0.05) is 12.1 Å². The molecule has 110 valence electrons. The maximum absolute atomic E-state index is 12.0. The van der Waals surface area contributed by atoms with E-state index >= 15 is 0 Å². The normalized spacial score (nSPS) is 16.2. The van der Waals surface area contributed by atoms with E-state index in [0.29, 0.717) is 19.0 Å². The lowest BCUT2D eigenvalue weighted by atomic mass is 10.1. The van der Waals surface area contributed by atoms with Crippen molar-refractivity contribution in [3.63, 3.8) is 0 Å². The van der Waals surface area contributed by atoms with E-state index in [1.54, 1.807) is 0 Å². The van der Waals surface area contributed by atoms with E-state index in [-0.39, 0.29) is 12.0 Å². The Labute approximate surface area is 120 Å². The predicted molar refractivity (Wildman–Crippen MR) is 80.8 cm³/mol. The fourth-order valence-corrected chi connectivity index (χ4v) is 2.32. The zero-order valence-electron chi connectivity index (χ0n) is 12.5. The standard InChI is InChI=1S/C16H24N2O2/c1-11-4-5-12(2)14(8-11)17-16(20)10-18(3)9-15(19)13-6-7-13/h4-5,8,13,15,19H,6-7,9-10H2,1-3H3,(H,17,20). The Morgan fingerprint density at radius 3 is 2.80 bits per heavy atom. The van der Waals surface area contributed by atoms with Crippen molar-refractivity contribution in [2.24, 2.45) is 5.92 Å². The van der Waals surface area contributed by atoms with Gasteiger partial charge in [0, 0.05) is 12.2 Å². The van der Waals surface area contributed by atoms with Gasteiger partial charge in [0.2, 0.25) is 5.91 Å². The summed E-state index contributed by atoms with van der Waals surface area (Å²) in [4.78, 5) is 13.9. The molecule has 1 amide bonds. The number of rotatable bonds is 6. The van der Waals surface area contributed by atoms with Gasteiger partial charge in [-0.25, -0.2) is 0 Å². The number of amides is 1. The number of hydrogen-bond acceptors (Lipinski definition) is 3. The fourth-order valence-electron chi connectivity index (χ4n) is 2.32. The van der Waals surface area contributed by atoms with Gasteiger partial charge in [-0.3, -0.25) is 9.69 Å². The van der Waals surface area contributed by atoms with Crippen molar-refractivity contribution < 1.29 is 9.90 Å². The van der Waals surface area contributed by atoms with E-state index in [1.807, 2.05) is 44.0 Å². The average molecular weight is 276 g/mol. The van der Waals surface area contributed by atoms with Gasteiger partial charge in [0.15, 0.2) is 0 Å². The number of anilines is 1. The number of aliphatic hydroxyl groups excluding tert-OH is 1. The molecule has 2 rings (SSSR count). The smallest absolute Gasteiger partial charge is 0.238 e. The third kappa shape index (κ3) is 4.32. The zero-order chi connectivity index (χ0) is 14.7. The monoisotopic (exact) mass is 276 g/mol.